The molecule has 0 aromatic rings. The van der Waals surface area contributed by atoms with Crippen molar-refractivity contribution in [3.8, 4) is 0 Å². The zero-order chi connectivity index (χ0) is 8.97. The molecule has 0 aliphatic heterocycles. The van der Waals surface area contributed by atoms with E-state index in [-0.39, 0.29) is 24.5 Å². The average molecular weight is 172 g/mol. The third kappa shape index (κ3) is 2.29. The van der Waals surface area contributed by atoms with Crippen molar-refractivity contribution in [2.75, 3.05) is 6.61 Å². The Morgan fingerprint density at radius 2 is 2.08 bits per heavy atom. The molecule has 0 aromatic heterocycles. The monoisotopic (exact) mass is 172 g/mol. The van der Waals surface area contributed by atoms with E-state index in [4.69, 9.17) is 5.11 Å². The van der Waals surface area contributed by atoms with E-state index in [0.29, 0.717) is 12.8 Å². The van der Waals surface area contributed by atoms with Gasteiger partial charge in [0.05, 0.1) is 6.10 Å². The molecule has 3 heteroatoms. The molecular weight excluding hydrogens is 156 g/mol. The van der Waals surface area contributed by atoms with Gasteiger partial charge in [-0.05, 0) is 31.1 Å². The summed E-state index contributed by atoms with van der Waals surface area (Å²) in [4.78, 5) is 10.3. The van der Waals surface area contributed by atoms with Gasteiger partial charge in [0.2, 0.25) is 0 Å². The van der Waals surface area contributed by atoms with Crippen LogP contribution in [0, 0.1) is 11.8 Å². The van der Waals surface area contributed by atoms with Crippen molar-refractivity contribution in [1.82, 2.24) is 0 Å². The van der Waals surface area contributed by atoms with Crippen LogP contribution in [0.4, 0.5) is 0 Å². The lowest BCUT2D eigenvalue weighted by molar-refractivity contribution is -0.109. The molecule has 1 saturated carbocycles. The molecule has 12 heavy (non-hydrogen) atoms. The predicted molar refractivity (Wildman–Crippen MR) is 44.6 cm³/mol. The first kappa shape index (κ1) is 9.68. The highest BCUT2D eigenvalue weighted by molar-refractivity contribution is 5.49. The lowest BCUT2D eigenvalue weighted by Crippen LogP contribution is -2.30. The van der Waals surface area contributed by atoms with Gasteiger partial charge in [0.1, 0.15) is 6.29 Å². The minimum atomic E-state index is -0.273. The minimum absolute atomic E-state index is 0.0928. The number of carbonyl (C=O) groups is 1. The molecule has 1 unspecified atom stereocenters. The maximum Gasteiger partial charge on any atom is 0.120 e. The first-order chi connectivity index (χ1) is 5.77. The number of aliphatic hydroxyl groups is 2. The van der Waals surface area contributed by atoms with Gasteiger partial charge < -0.3 is 15.0 Å². The third-order valence-electron chi connectivity index (χ3n) is 2.75. The molecule has 1 aliphatic carbocycles. The molecule has 0 aromatic carbocycles. The minimum Gasteiger partial charge on any atom is -0.396 e. The van der Waals surface area contributed by atoms with Crippen molar-refractivity contribution in [3.63, 3.8) is 0 Å². The van der Waals surface area contributed by atoms with E-state index in [1.807, 2.05) is 0 Å². The SMILES string of the molecule is O=CC[C@@H]1CCC(O)C[C@H]1CO. The van der Waals surface area contributed by atoms with E-state index >= 15 is 0 Å². The van der Waals surface area contributed by atoms with Crippen LogP contribution in [0.2, 0.25) is 0 Å². The largest absolute Gasteiger partial charge is 0.396 e. The average Bonchev–Trinajstić information content (AvgIpc) is 2.08. The fraction of sp³-hybridized carbons (Fsp3) is 0.889. The van der Waals surface area contributed by atoms with E-state index in [1.54, 1.807) is 0 Å². The highest BCUT2D eigenvalue weighted by Gasteiger charge is 2.28. The quantitative estimate of drug-likeness (QED) is 0.604. The molecule has 3 atom stereocenters. The summed E-state index contributed by atoms with van der Waals surface area (Å²) in [6, 6.07) is 0. The molecule has 0 amide bonds. The smallest absolute Gasteiger partial charge is 0.120 e. The lowest BCUT2D eigenvalue weighted by atomic mass is 9.77. The molecule has 1 fully saturated rings. The van der Waals surface area contributed by atoms with Gasteiger partial charge >= 0.3 is 0 Å². The first-order valence-corrected chi connectivity index (χ1v) is 4.50. The Kier molecular flexibility index (Phi) is 3.69. The van der Waals surface area contributed by atoms with Crippen molar-refractivity contribution in [1.29, 1.82) is 0 Å². The Morgan fingerprint density at radius 1 is 1.33 bits per heavy atom. The van der Waals surface area contributed by atoms with Crippen LogP contribution in [-0.4, -0.2) is 29.2 Å². The maximum absolute atomic E-state index is 10.3. The van der Waals surface area contributed by atoms with Crippen LogP contribution in [-0.2, 0) is 4.79 Å². The number of aliphatic hydroxyl groups excluding tert-OH is 2. The van der Waals surface area contributed by atoms with Crippen molar-refractivity contribution in [2.24, 2.45) is 11.8 Å². The summed E-state index contributed by atoms with van der Waals surface area (Å²) in [5, 5.41) is 18.3. The second kappa shape index (κ2) is 4.58. The number of aldehydes is 1. The molecule has 0 saturated heterocycles. The van der Waals surface area contributed by atoms with E-state index in [0.717, 1.165) is 19.1 Å². The highest BCUT2D eigenvalue weighted by atomic mass is 16.3. The van der Waals surface area contributed by atoms with E-state index in [2.05, 4.69) is 0 Å². The molecule has 3 nitrogen and oxygen atoms in total. The summed E-state index contributed by atoms with van der Waals surface area (Å²) in [5.74, 6) is 0.412. The van der Waals surface area contributed by atoms with Gasteiger partial charge in [0.25, 0.3) is 0 Å². The normalized spacial score (nSPS) is 36.3. The van der Waals surface area contributed by atoms with Gasteiger partial charge in [-0.3, -0.25) is 0 Å². The molecule has 0 bridgehead atoms. The van der Waals surface area contributed by atoms with Crippen molar-refractivity contribution in [2.45, 2.75) is 31.8 Å². The summed E-state index contributed by atoms with van der Waals surface area (Å²) in [7, 11) is 0. The molecule has 70 valence electrons. The van der Waals surface area contributed by atoms with Crippen molar-refractivity contribution >= 4 is 6.29 Å². The van der Waals surface area contributed by atoms with Gasteiger partial charge in [-0.1, -0.05) is 0 Å². The second-order valence-corrected chi connectivity index (χ2v) is 3.57. The summed E-state index contributed by atoms with van der Waals surface area (Å²) < 4.78 is 0. The standard InChI is InChI=1S/C9H16O3/c10-4-3-7-1-2-9(12)5-8(7)6-11/h4,7-9,11-12H,1-3,5-6H2/t7-,8-,9?/m0/s1. The fourth-order valence-corrected chi connectivity index (χ4v) is 1.96. The number of carbonyl (C=O) groups excluding carboxylic acids is 1. The molecule has 1 rings (SSSR count). The maximum atomic E-state index is 10.3. The zero-order valence-corrected chi connectivity index (χ0v) is 7.15. The molecular formula is C9H16O3. The van der Waals surface area contributed by atoms with E-state index < -0.39 is 0 Å². The highest BCUT2D eigenvalue weighted by Crippen LogP contribution is 2.31. The van der Waals surface area contributed by atoms with Crippen LogP contribution in [0.25, 0.3) is 0 Å². The van der Waals surface area contributed by atoms with Crippen LogP contribution in [0.15, 0.2) is 0 Å². The van der Waals surface area contributed by atoms with Crippen LogP contribution in [0.1, 0.15) is 25.7 Å². The van der Waals surface area contributed by atoms with Gasteiger partial charge in [-0.2, -0.15) is 0 Å². The zero-order valence-electron chi connectivity index (χ0n) is 7.15. The van der Waals surface area contributed by atoms with E-state index in [1.165, 1.54) is 0 Å². The topological polar surface area (TPSA) is 57.5 Å². The Labute approximate surface area is 72.4 Å². The van der Waals surface area contributed by atoms with Gasteiger partial charge in [0.15, 0.2) is 0 Å². The molecule has 1 aliphatic rings. The van der Waals surface area contributed by atoms with Crippen LogP contribution in [0.5, 0.6) is 0 Å². The Hall–Kier alpha value is -0.410. The molecule has 0 heterocycles. The van der Waals surface area contributed by atoms with Crippen molar-refractivity contribution < 1.29 is 15.0 Å². The third-order valence-corrected chi connectivity index (χ3v) is 2.75. The Morgan fingerprint density at radius 3 is 2.67 bits per heavy atom. The second-order valence-electron chi connectivity index (χ2n) is 3.57. The summed E-state index contributed by atoms with van der Waals surface area (Å²) in [6.07, 6.45) is 3.45. The number of rotatable bonds is 3. The Balaban J connectivity index is 2.44. The fourth-order valence-electron chi connectivity index (χ4n) is 1.96. The first-order valence-electron chi connectivity index (χ1n) is 4.50. The summed E-state index contributed by atoms with van der Waals surface area (Å²) in [6.45, 7) is 0.0928. The molecule has 0 radical (unpaired) electrons. The number of hydrogen-bond donors (Lipinski definition) is 2. The van der Waals surface area contributed by atoms with Crippen LogP contribution >= 0.6 is 0 Å². The van der Waals surface area contributed by atoms with Gasteiger partial charge in [-0.25, -0.2) is 0 Å². The Bertz CT molecular complexity index is 147. The summed E-state index contributed by atoms with van der Waals surface area (Å²) in [5.41, 5.74) is 0. The summed E-state index contributed by atoms with van der Waals surface area (Å²) >= 11 is 0. The van der Waals surface area contributed by atoms with E-state index in [9.17, 15) is 9.90 Å². The predicted octanol–water partition coefficient (Wildman–Crippen LogP) is 0.345. The molecule has 0 spiro atoms. The van der Waals surface area contributed by atoms with Crippen LogP contribution < -0.4 is 0 Å². The lowest BCUT2D eigenvalue weighted by Gasteiger charge is -2.31. The van der Waals surface area contributed by atoms with Crippen molar-refractivity contribution in [3.05, 3.63) is 0 Å². The number of hydrogen-bond acceptors (Lipinski definition) is 3. The van der Waals surface area contributed by atoms with Gasteiger partial charge in [-0.15, -0.1) is 0 Å². The van der Waals surface area contributed by atoms with Crippen LogP contribution in [0.3, 0.4) is 0 Å². The molecule has 2 N–H and O–H groups in total. The van der Waals surface area contributed by atoms with Gasteiger partial charge in [0, 0.05) is 13.0 Å².